The lowest BCUT2D eigenvalue weighted by atomic mass is 9.99. The smallest absolute Gasteiger partial charge is 0.178 e. The van der Waals surface area contributed by atoms with Crippen LogP contribution in [0.5, 0.6) is 11.5 Å². The number of aromatic hydroxyl groups is 2. The Labute approximate surface area is 97.8 Å². The van der Waals surface area contributed by atoms with Gasteiger partial charge in [0.1, 0.15) is 0 Å². The number of phenolic OH excluding ortho intramolecular Hbond substituents is 2. The molecule has 1 aromatic carbocycles. The second-order valence-electron chi connectivity index (χ2n) is 3.77. The normalized spacial score (nSPS) is 16.5. The van der Waals surface area contributed by atoms with E-state index in [-0.39, 0.29) is 21.5 Å². The molecule has 0 fully saturated rings. The minimum atomic E-state index is -0.323. The van der Waals surface area contributed by atoms with Crippen LogP contribution in [0.15, 0.2) is 0 Å². The molecule has 0 saturated heterocycles. The molecular weight excluding hydrogens is 237 g/mol. The fourth-order valence-electron chi connectivity index (χ4n) is 1.84. The van der Waals surface area contributed by atoms with Crippen LogP contribution >= 0.6 is 23.2 Å². The molecule has 1 aliphatic rings. The van der Waals surface area contributed by atoms with Crippen LogP contribution in [0.4, 0.5) is 0 Å². The van der Waals surface area contributed by atoms with Crippen molar-refractivity contribution in [2.45, 2.75) is 13.0 Å². The summed E-state index contributed by atoms with van der Waals surface area (Å²) in [6.07, 6.45) is 0.734. The van der Waals surface area contributed by atoms with Gasteiger partial charge in [-0.05, 0) is 24.6 Å². The summed E-state index contributed by atoms with van der Waals surface area (Å²) in [6, 6.07) is 0. The van der Waals surface area contributed by atoms with E-state index < -0.39 is 0 Å². The lowest BCUT2D eigenvalue weighted by molar-refractivity contribution is 0.310. The molecule has 1 heterocycles. The molecule has 0 unspecified atom stereocenters. The maximum Gasteiger partial charge on any atom is 0.178 e. The van der Waals surface area contributed by atoms with Gasteiger partial charge >= 0.3 is 0 Å². The summed E-state index contributed by atoms with van der Waals surface area (Å²) in [6.45, 7) is 1.51. The molecule has 2 N–H and O–H groups in total. The summed E-state index contributed by atoms with van der Waals surface area (Å²) in [7, 11) is 1.97. The van der Waals surface area contributed by atoms with E-state index in [2.05, 4.69) is 4.90 Å². The van der Waals surface area contributed by atoms with Gasteiger partial charge in [0.25, 0.3) is 0 Å². The summed E-state index contributed by atoms with van der Waals surface area (Å²) in [5, 5.41) is 19.5. The van der Waals surface area contributed by atoms with Crippen molar-refractivity contribution < 1.29 is 10.2 Å². The summed E-state index contributed by atoms with van der Waals surface area (Å²) < 4.78 is 0. The number of likely N-dealkylation sites (N-methyl/N-ethyl adjacent to an activating group) is 1. The fourth-order valence-corrected chi connectivity index (χ4v) is 2.40. The van der Waals surface area contributed by atoms with Gasteiger partial charge < -0.3 is 15.1 Å². The number of phenols is 2. The molecule has 0 amide bonds. The van der Waals surface area contributed by atoms with Crippen LogP contribution in [0.1, 0.15) is 11.1 Å². The first-order valence-electron chi connectivity index (χ1n) is 4.61. The van der Waals surface area contributed by atoms with Gasteiger partial charge in [-0.15, -0.1) is 0 Å². The van der Waals surface area contributed by atoms with E-state index in [1.165, 1.54) is 0 Å². The predicted octanol–water partition coefficient (Wildman–Crippen LogP) is 2.39. The molecule has 15 heavy (non-hydrogen) atoms. The highest BCUT2D eigenvalue weighted by Gasteiger charge is 2.25. The van der Waals surface area contributed by atoms with Gasteiger partial charge in [0, 0.05) is 13.1 Å². The monoisotopic (exact) mass is 247 g/mol. The maximum atomic E-state index is 9.54. The highest BCUT2D eigenvalue weighted by atomic mass is 35.5. The zero-order chi connectivity index (χ0) is 11.2. The van der Waals surface area contributed by atoms with Crippen molar-refractivity contribution >= 4 is 23.2 Å². The third-order valence-electron chi connectivity index (χ3n) is 2.71. The second-order valence-corrected chi connectivity index (χ2v) is 4.53. The van der Waals surface area contributed by atoms with E-state index in [1.807, 2.05) is 7.05 Å². The SMILES string of the molecule is CN1CCc2c(Cl)c(O)c(O)c(Cl)c2C1. The van der Waals surface area contributed by atoms with Crippen molar-refractivity contribution in [2.75, 3.05) is 13.6 Å². The standard InChI is InChI=1S/C10H11Cl2NO2/c1-13-3-2-5-6(4-13)8(12)10(15)9(14)7(5)11/h14-15H,2-4H2,1H3. The Hall–Kier alpha value is -0.640. The number of halogens is 2. The molecule has 0 radical (unpaired) electrons. The van der Waals surface area contributed by atoms with Crippen molar-refractivity contribution in [3.05, 3.63) is 21.2 Å². The topological polar surface area (TPSA) is 43.7 Å². The van der Waals surface area contributed by atoms with Crippen LogP contribution in [-0.4, -0.2) is 28.7 Å². The first-order valence-corrected chi connectivity index (χ1v) is 5.37. The molecule has 0 aromatic heterocycles. The zero-order valence-corrected chi connectivity index (χ0v) is 9.73. The Morgan fingerprint density at radius 1 is 1.07 bits per heavy atom. The lowest BCUT2D eigenvalue weighted by Gasteiger charge is -2.27. The summed E-state index contributed by atoms with van der Waals surface area (Å²) in [5.41, 5.74) is 1.65. The fraction of sp³-hybridized carbons (Fsp3) is 0.400. The van der Waals surface area contributed by atoms with Crippen LogP contribution < -0.4 is 0 Å². The molecule has 0 atom stereocenters. The van der Waals surface area contributed by atoms with Crippen molar-refractivity contribution in [3.63, 3.8) is 0 Å². The Morgan fingerprint density at radius 3 is 2.20 bits per heavy atom. The van der Waals surface area contributed by atoms with Crippen molar-refractivity contribution in [1.29, 1.82) is 0 Å². The van der Waals surface area contributed by atoms with Gasteiger partial charge in [-0.25, -0.2) is 0 Å². The molecule has 1 aliphatic heterocycles. The van der Waals surface area contributed by atoms with Gasteiger partial charge in [-0.3, -0.25) is 0 Å². The van der Waals surface area contributed by atoms with Gasteiger partial charge in [0.15, 0.2) is 11.5 Å². The molecule has 0 bridgehead atoms. The predicted molar refractivity (Wildman–Crippen MR) is 59.8 cm³/mol. The zero-order valence-electron chi connectivity index (χ0n) is 8.22. The van der Waals surface area contributed by atoms with E-state index in [1.54, 1.807) is 0 Å². The number of hydrogen-bond acceptors (Lipinski definition) is 3. The van der Waals surface area contributed by atoms with Crippen LogP contribution in [0.25, 0.3) is 0 Å². The maximum absolute atomic E-state index is 9.54. The molecule has 1 aromatic rings. The van der Waals surface area contributed by atoms with Gasteiger partial charge in [0.2, 0.25) is 0 Å². The van der Waals surface area contributed by atoms with Crippen LogP contribution in [0.3, 0.4) is 0 Å². The average molecular weight is 248 g/mol. The minimum absolute atomic E-state index is 0.207. The second kappa shape index (κ2) is 3.74. The summed E-state index contributed by atoms with van der Waals surface area (Å²) in [4.78, 5) is 2.08. The largest absolute Gasteiger partial charge is 0.503 e. The Morgan fingerprint density at radius 2 is 1.60 bits per heavy atom. The molecule has 0 aliphatic carbocycles. The molecule has 2 rings (SSSR count). The third kappa shape index (κ3) is 1.65. The van der Waals surface area contributed by atoms with Gasteiger partial charge in [-0.1, -0.05) is 23.2 Å². The third-order valence-corrected chi connectivity index (χ3v) is 3.52. The number of rotatable bonds is 0. The molecule has 0 saturated carbocycles. The van der Waals surface area contributed by atoms with Crippen LogP contribution in [0, 0.1) is 0 Å². The molecule has 0 spiro atoms. The van der Waals surface area contributed by atoms with E-state index >= 15 is 0 Å². The number of benzene rings is 1. The quantitative estimate of drug-likeness (QED) is 0.693. The molecule has 3 nitrogen and oxygen atoms in total. The molecule has 82 valence electrons. The minimum Gasteiger partial charge on any atom is -0.503 e. The highest BCUT2D eigenvalue weighted by molar-refractivity contribution is 6.36. The highest BCUT2D eigenvalue weighted by Crippen LogP contribution is 2.45. The Kier molecular flexibility index (Phi) is 2.71. The number of hydrogen-bond donors (Lipinski definition) is 2. The first kappa shape index (κ1) is 10.9. The van der Waals surface area contributed by atoms with Crippen LogP contribution in [0.2, 0.25) is 10.0 Å². The van der Waals surface area contributed by atoms with E-state index in [4.69, 9.17) is 23.2 Å². The van der Waals surface area contributed by atoms with Crippen molar-refractivity contribution in [3.8, 4) is 11.5 Å². The summed E-state index contributed by atoms with van der Waals surface area (Å²) in [5.74, 6) is -0.638. The molecule has 5 heteroatoms. The van der Waals surface area contributed by atoms with Gasteiger partial charge in [0.05, 0.1) is 10.0 Å². The Balaban J connectivity index is 2.65. The number of nitrogens with zero attached hydrogens (tertiary/aromatic N) is 1. The first-order chi connectivity index (χ1) is 7.02. The van der Waals surface area contributed by atoms with E-state index in [9.17, 15) is 10.2 Å². The molecular formula is C10H11Cl2NO2. The van der Waals surface area contributed by atoms with Gasteiger partial charge in [-0.2, -0.15) is 0 Å². The van der Waals surface area contributed by atoms with Crippen molar-refractivity contribution in [2.24, 2.45) is 0 Å². The van der Waals surface area contributed by atoms with E-state index in [0.29, 0.717) is 6.54 Å². The van der Waals surface area contributed by atoms with Crippen LogP contribution in [-0.2, 0) is 13.0 Å². The van der Waals surface area contributed by atoms with E-state index in [0.717, 1.165) is 24.1 Å². The van der Waals surface area contributed by atoms with Crippen molar-refractivity contribution in [1.82, 2.24) is 4.90 Å². The summed E-state index contributed by atoms with van der Waals surface area (Å²) >= 11 is 11.9. The lowest BCUT2D eigenvalue weighted by Crippen LogP contribution is -2.27. The Bertz CT molecular complexity index is 421. The average Bonchev–Trinajstić information content (AvgIpc) is 2.23. The number of fused-ring (bicyclic) bond motifs is 1.